The number of amides is 2. The second kappa shape index (κ2) is 5.02. The van der Waals surface area contributed by atoms with Crippen LogP contribution in [0.5, 0.6) is 11.8 Å². The van der Waals surface area contributed by atoms with Crippen molar-refractivity contribution in [3.05, 3.63) is 48.0 Å². The summed E-state index contributed by atoms with van der Waals surface area (Å²) < 4.78 is 0.845. The number of benzene rings is 1. The summed E-state index contributed by atoms with van der Waals surface area (Å²) in [5.41, 5.74) is -0.547. The summed E-state index contributed by atoms with van der Waals surface area (Å²) in [5.74, 6) is -3.52. The molecule has 0 radical (unpaired) electrons. The number of carbonyl (C=O) groups excluding carboxylic acids is 2. The number of rotatable bonds is 3. The molecule has 8 nitrogen and oxygen atoms in total. The Morgan fingerprint density at radius 1 is 0.913 bits per heavy atom. The van der Waals surface area contributed by atoms with Crippen molar-refractivity contribution in [3.8, 4) is 17.4 Å². The number of hydrogen-bond donors (Lipinski definition) is 3. The highest BCUT2D eigenvalue weighted by molar-refractivity contribution is 6.29. The summed E-state index contributed by atoms with van der Waals surface area (Å²) in [5, 5.41) is 29.2. The molecule has 2 aromatic rings. The van der Waals surface area contributed by atoms with Crippen LogP contribution >= 0.6 is 0 Å². The Labute approximate surface area is 129 Å². The lowest BCUT2D eigenvalue weighted by atomic mass is 10.1. The third-order valence-corrected chi connectivity index (χ3v) is 3.36. The van der Waals surface area contributed by atoms with Gasteiger partial charge in [-0.1, -0.05) is 6.07 Å². The van der Waals surface area contributed by atoms with Gasteiger partial charge in [0, 0.05) is 24.3 Å². The first kappa shape index (κ1) is 14.4. The topological polar surface area (TPSA) is 120 Å². The zero-order valence-corrected chi connectivity index (χ0v) is 11.5. The highest BCUT2D eigenvalue weighted by Crippen LogP contribution is 2.36. The highest BCUT2D eigenvalue weighted by Gasteiger charge is 2.31. The molecule has 0 atom stereocenters. The number of imide groups is 1. The van der Waals surface area contributed by atoms with Crippen LogP contribution in [0.1, 0.15) is 10.4 Å². The van der Waals surface area contributed by atoms with Gasteiger partial charge in [0.05, 0.1) is 16.9 Å². The lowest BCUT2D eigenvalue weighted by molar-refractivity contribution is -0.120. The minimum absolute atomic E-state index is 0.0632. The summed E-state index contributed by atoms with van der Waals surface area (Å²) in [6.07, 6.45) is 2.10. The molecule has 0 saturated heterocycles. The Kier molecular flexibility index (Phi) is 3.14. The molecular formula is C15H10N2O6. The van der Waals surface area contributed by atoms with E-state index in [1.54, 1.807) is 0 Å². The molecule has 2 heterocycles. The first-order chi connectivity index (χ1) is 10.9. The second-order valence-corrected chi connectivity index (χ2v) is 4.71. The van der Waals surface area contributed by atoms with Gasteiger partial charge in [0.15, 0.2) is 11.8 Å². The van der Waals surface area contributed by atoms with Crippen LogP contribution < -0.4 is 4.90 Å². The van der Waals surface area contributed by atoms with E-state index in [9.17, 15) is 29.7 Å². The van der Waals surface area contributed by atoms with E-state index < -0.39 is 29.5 Å². The maximum Gasteiger partial charge on any atom is 0.337 e. The number of aromatic carboxylic acids is 1. The molecule has 3 N–H and O–H groups in total. The van der Waals surface area contributed by atoms with E-state index in [2.05, 4.69) is 0 Å². The number of carboxylic acids is 1. The van der Waals surface area contributed by atoms with Gasteiger partial charge in [0.1, 0.15) is 0 Å². The fraction of sp³-hybridized carbons (Fsp3) is 0. The largest absolute Gasteiger partial charge is 0.494 e. The van der Waals surface area contributed by atoms with E-state index >= 15 is 0 Å². The van der Waals surface area contributed by atoms with Crippen LogP contribution in [0.25, 0.3) is 5.69 Å². The molecule has 1 aromatic heterocycles. The predicted molar refractivity (Wildman–Crippen MR) is 77.7 cm³/mol. The molecule has 0 unspecified atom stereocenters. The summed E-state index contributed by atoms with van der Waals surface area (Å²) in [4.78, 5) is 36.0. The Bertz CT molecular complexity index is 843. The van der Waals surface area contributed by atoms with Gasteiger partial charge in [-0.05, 0) is 12.1 Å². The molecule has 1 aliphatic heterocycles. The van der Waals surface area contributed by atoms with Gasteiger partial charge in [0.25, 0.3) is 11.8 Å². The lowest BCUT2D eigenvalue weighted by Crippen LogP contribution is -2.31. The number of aromatic nitrogens is 1. The van der Waals surface area contributed by atoms with E-state index in [0.717, 1.165) is 33.8 Å². The van der Waals surface area contributed by atoms with E-state index in [1.165, 1.54) is 18.2 Å². The predicted octanol–water partition coefficient (Wildman–Crippen LogP) is 1.02. The third kappa shape index (κ3) is 2.13. The van der Waals surface area contributed by atoms with Gasteiger partial charge >= 0.3 is 5.97 Å². The van der Waals surface area contributed by atoms with Crippen LogP contribution in [0, 0.1) is 0 Å². The molecule has 2 amide bonds. The Morgan fingerprint density at radius 2 is 1.48 bits per heavy atom. The van der Waals surface area contributed by atoms with E-state index in [0.29, 0.717) is 0 Å². The lowest BCUT2D eigenvalue weighted by Gasteiger charge is -2.21. The maximum absolute atomic E-state index is 11.9. The van der Waals surface area contributed by atoms with Gasteiger partial charge < -0.3 is 15.3 Å². The molecule has 0 fully saturated rings. The molecular weight excluding hydrogens is 304 g/mol. The number of anilines is 1. The average molecular weight is 314 g/mol. The summed E-state index contributed by atoms with van der Waals surface area (Å²) in [6, 6.07) is 6.26. The minimum Gasteiger partial charge on any atom is -0.494 e. The smallest absolute Gasteiger partial charge is 0.337 e. The number of hydrogen-bond acceptors (Lipinski definition) is 5. The Balaban J connectivity index is 2.34. The van der Waals surface area contributed by atoms with Crippen molar-refractivity contribution in [2.45, 2.75) is 0 Å². The number of para-hydroxylation sites is 1. The van der Waals surface area contributed by atoms with Crippen LogP contribution in [-0.4, -0.2) is 37.7 Å². The van der Waals surface area contributed by atoms with Crippen LogP contribution in [0.2, 0.25) is 0 Å². The first-order valence-electron chi connectivity index (χ1n) is 6.44. The van der Waals surface area contributed by atoms with E-state index in [-0.39, 0.29) is 16.9 Å². The van der Waals surface area contributed by atoms with Crippen LogP contribution in [-0.2, 0) is 9.59 Å². The zero-order valence-electron chi connectivity index (χ0n) is 11.5. The van der Waals surface area contributed by atoms with Crippen molar-refractivity contribution in [1.29, 1.82) is 0 Å². The van der Waals surface area contributed by atoms with Gasteiger partial charge in [-0.25, -0.2) is 14.3 Å². The summed E-state index contributed by atoms with van der Waals surface area (Å²) in [6.45, 7) is 0. The molecule has 3 rings (SSSR count). The van der Waals surface area contributed by atoms with E-state index in [1.807, 2.05) is 0 Å². The van der Waals surface area contributed by atoms with Gasteiger partial charge in [-0.2, -0.15) is 0 Å². The quantitative estimate of drug-likeness (QED) is 0.727. The van der Waals surface area contributed by atoms with Crippen molar-refractivity contribution < 1.29 is 29.7 Å². The normalized spacial score (nSPS) is 13.8. The molecule has 0 spiro atoms. The molecule has 1 aliphatic rings. The van der Waals surface area contributed by atoms with Crippen molar-refractivity contribution in [2.75, 3.05) is 4.90 Å². The maximum atomic E-state index is 11.9. The van der Waals surface area contributed by atoms with Crippen molar-refractivity contribution in [1.82, 2.24) is 4.57 Å². The Hall–Kier alpha value is -3.55. The van der Waals surface area contributed by atoms with Crippen LogP contribution in [0.4, 0.5) is 5.69 Å². The van der Waals surface area contributed by atoms with Crippen molar-refractivity contribution in [3.63, 3.8) is 0 Å². The SMILES string of the molecule is O=C(O)c1cccc(N2C(=O)C=CC2=O)c1-n1c(O)ccc1O. The fourth-order valence-corrected chi connectivity index (χ4v) is 2.40. The highest BCUT2D eigenvalue weighted by atomic mass is 16.4. The molecule has 116 valence electrons. The molecule has 1 aromatic carbocycles. The fourth-order valence-electron chi connectivity index (χ4n) is 2.40. The number of carboxylic acid groups (broad SMARTS) is 1. The van der Waals surface area contributed by atoms with Gasteiger partial charge in [-0.15, -0.1) is 0 Å². The second-order valence-electron chi connectivity index (χ2n) is 4.71. The summed E-state index contributed by atoms with van der Waals surface area (Å²) >= 11 is 0. The molecule has 8 heteroatoms. The van der Waals surface area contributed by atoms with Gasteiger partial charge in [0.2, 0.25) is 0 Å². The monoisotopic (exact) mass is 314 g/mol. The molecule has 23 heavy (non-hydrogen) atoms. The number of nitrogens with zero attached hydrogens (tertiary/aromatic N) is 2. The minimum atomic E-state index is -1.35. The zero-order chi connectivity index (χ0) is 16.7. The molecule has 0 aliphatic carbocycles. The van der Waals surface area contributed by atoms with Crippen molar-refractivity contribution in [2.24, 2.45) is 0 Å². The van der Waals surface area contributed by atoms with E-state index in [4.69, 9.17) is 0 Å². The van der Waals surface area contributed by atoms with Crippen LogP contribution in [0.3, 0.4) is 0 Å². The molecule has 0 bridgehead atoms. The number of carbonyl (C=O) groups is 3. The van der Waals surface area contributed by atoms with Gasteiger partial charge in [-0.3, -0.25) is 9.59 Å². The Morgan fingerprint density at radius 3 is 2.00 bits per heavy atom. The first-order valence-corrected chi connectivity index (χ1v) is 6.44. The molecule has 0 saturated carbocycles. The summed E-state index contributed by atoms with van der Waals surface area (Å²) in [7, 11) is 0. The standard InChI is InChI=1S/C15H10N2O6/c18-10-4-5-11(19)16(10)9-3-1-2-8(15(22)23)14(9)17-12(20)6-7-13(17)21/h1-7,20-21H,(H,22,23). The van der Waals surface area contributed by atoms with Crippen LogP contribution in [0.15, 0.2) is 42.5 Å². The van der Waals surface area contributed by atoms with Crippen molar-refractivity contribution >= 4 is 23.5 Å². The number of aromatic hydroxyl groups is 2. The third-order valence-electron chi connectivity index (χ3n) is 3.36. The average Bonchev–Trinajstić information content (AvgIpc) is 3.01.